The van der Waals surface area contributed by atoms with Gasteiger partial charge in [0.15, 0.2) is 0 Å². The van der Waals surface area contributed by atoms with E-state index in [1.165, 1.54) is 18.2 Å². The van der Waals surface area contributed by atoms with Gasteiger partial charge in [-0.1, -0.05) is 30.3 Å². The van der Waals surface area contributed by atoms with E-state index in [1.54, 1.807) is 0 Å². The molecular weight excluding hydrogens is 380 g/mol. The second-order valence-corrected chi connectivity index (χ2v) is 5.48. The highest BCUT2D eigenvalue weighted by Crippen LogP contribution is 2.38. The van der Waals surface area contributed by atoms with E-state index in [1.807, 2.05) is 5.32 Å². The Labute approximate surface area is 149 Å². The van der Waals surface area contributed by atoms with E-state index in [0.717, 1.165) is 36.4 Å². The van der Waals surface area contributed by atoms with Crippen LogP contribution in [0, 0.1) is 0 Å². The maximum absolute atomic E-state index is 13.3. The van der Waals surface area contributed by atoms with E-state index in [0.29, 0.717) is 0 Å². The number of amides is 1. The van der Waals surface area contributed by atoms with Gasteiger partial charge in [0.2, 0.25) is 5.60 Å². The molecule has 146 valence electrons. The number of halogens is 6. The van der Waals surface area contributed by atoms with Gasteiger partial charge < -0.3 is 15.2 Å². The van der Waals surface area contributed by atoms with Crippen LogP contribution in [0.15, 0.2) is 54.6 Å². The first-order valence-electron chi connectivity index (χ1n) is 7.41. The fourth-order valence-corrected chi connectivity index (χ4v) is 2.20. The molecule has 0 saturated heterocycles. The lowest BCUT2D eigenvalue weighted by Gasteiger charge is -2.31. The minimum absolute atomic E-state index is 0.206. The fourth-order valence-electron chi connectivity index (χ4n) is 2.20. The molecule has 0 spiro atoms. The molecule has 0 aliphatic rings. The molecule has 2 aromatic rings. The normalized spacial score (nSPS) is 14.3. The van der Waals surface area contributed by atoms with Crippen LogP contribution in [0.1, 0.15) is 15.9 Å². The highest BCUT2D eigenvalue weighted by Gasteiger charge is 2.55. The second kappa shape index (κ2) is 7.47. The third-order valence-electron chi connectivity index (χ3n) is 3.58. The number of aliphatic hydroxyl groups is 1. The number of hydrogen-bond acceptors (Lipinski definition) is 3. The summed E-state index contributed by atoms with van der Waals surface area (Å²) >= 11 is 0. The molecule has 1 atom stereocenters. The molecule has 0 heterocycles. The molecule has 4 nitrogen and oxygen atoms in total. The molecule has 2 aromatic carbocycles. The van der Waals surface area contributed by atoms with Crippen molar-refractivity contribution in [3.63, 3.8) is 0 Å². The van der Waals surface area contributed by atoms with Crippen molar-refractivity contribution in [3.8, 4) is 5.75 Å². The number of benzene rings is 2. The number of carbonyl (C=O) groups is 1. The van der Waals surface area contributed by atoms with Crippen molar-refractivity contribution in [3.05, 3.63) is 65.7 Å². The largest absolute Gasteiger partial charge is 0.573 e. The molecule has 0 aromatic heterocycles. The van der Waals surface area contributed by atoms with E-state index >= 15 is 0 Å². The Balaban J connectivity index is 2.12. The predicted octanol–water partition coefficient (Wildman–Crippen LogP) is 3.77. The van der Waals surface area contributed by atoms with Crippen molar-refractivity contribution < 1.29 is 41.0 Å². The van der Waals surface area contributed by atoms with Crippen molar-refractivity contribution in [2.45, 2.75) is 18.1 Å². The van der Waals surface area contributed by atoms with Crippen LogP contribution < -0.4 is 10.1 Å². The van der Waals surface area contributed by atoms with E-state index < -0.39 is 41.9 Å². The lowest BCUT2D eigenvalue weighted by molar-refractivity contribution is -0.274. The van der Waals surface area contributed by atoms with Crippen molar-refractivity contribution in [2.75, 3.05) is 6.54 Å². The SMILES string of the molecule is O=C(NC[C@@](O)(c1ccccc1)C(F)(F)F)c1ccc(OC(F)(F)F)cc1. The van der Waals surface area contributed by atoms with Gasteiger partial charge in [-0.25, -0.2) is 0 Å². The summed E-state index contributed by atoms with van der Waals surface area (Å²) < 4.78 is 79.9. The minimum Gasteiger partial charge on any atom is -0.406 e. The molecule has 2 rings (SSSR count). The predicted molar refractivity (Wildman–Crippen MR) is 81.9 cm³/mol. The Kier molecular flexibility index (Phi) is 5.69. The number of nitrogens with one attached hydrogen (secondary N) is 1. The molecule has 0 unspecified atom stereocenters. The number of rotatable bonds is 5. The quantitative estimate of drug-likeness (QED) is 0.761. The first-order valence-corrected chi connectivity index (χ1v) is 7.41. The number of carbonyl (C=O) groups excluding carboxylic acids is 1. The van der Waals surface area contributed by atoms with Gasteiger partial charge in [-0.2, -0.15) is 13.2 Å². The standard InChI is InChI=1S/C17H13F6NO3/c18-16(19,20)15(26,12-4-2-1-3-5-12)10-24-14(25)11-6-8-13(9-7-11)27-17(21,22)23/h1-9,26H,10H2,(H,24,25)/t15-/m1/s1. The van der Waals surface area contributed by atoms with Gasteiger partial charge in [0.25, 0.3) is 5.91 Å². The van der Waals surface area contributed by atoms with E-state index in [2.05, 4.69) is 4.74 Å². The van der Waals surface area contributed by atoms with Crippen LogP contribution in [0.5, 0.6) is 5.75 Å². The minimum atomic E-state index is -5.08. The average molecular weight is 393 g/mol. The fraction of sp³-hybridized carbons (Fsp3) is 0.235. The molecule has 10 heteroatoms. The summed E-state index contributed by atoms with van der Waals surface area (Å²) in [7, 11) is 0. The van der Waals surface area contributed by atoms with Crippen molar-refractivity contribution in [1.82, 2.24) is 5.32 Å². The first-order chi connectivity index (χ1) is 12.4. The van der Waals surface area contributed by atoms with Crippen LogP contribution in [0.4, 0.5) is 26.3 Å². The Morgan fingerprint density at radius 3 is 1.96 bits per heavy atom. The second-order valence-electron chi connectivity index (χ2n) is 5.48. The van der Waals surface area contributed by atoms with Crippen LogP contribution >= 0.6 is 0 Å². The lowest BCUT2D eigenvalue weighted by Crippen LogP contribution is -2.51. The van der Waals surface area contributed by atoms with E-state index in [-0.39, 0.29) is 5.56 Å². The van der Waals surface area contributed by atoms with Gasteiger partial charge >= 0.3 is 12.5 Å². The average Bonchev–Trinajstić information content (AvgIpc) is 2.58. The third kappa shape index (κ3) is 5.13. The van der Waals surface area contributed by atoms with Gasteiger partial charge in [0.1, 0.15) is 5.75 Å². The van der Waals surface area contributed by atoms with Gasteiger partial charge in [-0.05, 0) is 29.8 Å². The zero-order chi connectivity index (χ0) is 20.3. The maximum Gasteiger partial charge on any atom is 0.573 e. The van der Waals surface area contributed by atoms with Gasteiger partial charge in [0, 0.05) is 5.56 Å². The summed E-state index contributed by atoms with van der Waals surface area (Å²) in [5, 5.41) is 12.0. The molecule has 2 N–H and O–H groups in total. The Morgan fingerprint density at radius 2 is 1.48 bits per heavy atom. The van der Waals surface area contributed by atoms with Gasteiger partial charge in [-0.15, -0.1) is 13.2 Å². The molecule has 0 fully saturated rings. The number of ether oxygens (including phenoxy) is 1. The van der Waals surface area contributed by atoms with Gasteiger partial charge in [-0.3, -0.25) is 4.79 Å². The Bertz CT molecular complexity index is 774. The Morgan fingerprint density at radius 1 is 0.926 bits per heavy atom. The molecule has 0 aliphatic heterocycles. The molecule has 0 radical (unpaired) electrons. The smallest absolute Gasteiger partial charge is 0.406 e. The van der Waals surface area contributed by atoms with Crippen LogP contribution in [0.25, 0.3) is 0 Å². The van der Waals surface area contributed by atoms with Crippen LogP contribution in [0.2, 0.25) is 0 Å². The summed E-state index contributed by atoms with van der Waals surface area (Å²) in [6.07, 6.45) is -9.99. The topological polar surface area (TPSA) is 58.6 Å². The maximum atomic E-state index is 13.3. The van der Waals surface area contributed by atoms with Gasteiger partial charge in [0.05, 0.1) is 6.54 Å². The third-order valence-corrected chi connectivity index (χ3v) is 3.58. The van der Waals surface area contributed by atoms with Crippen molar-refractivity contribution in [2.24, 2.45) is 0 Å². The Hall–Kier alpha value is -2.75. The monoisotopic (exact) mass is 393 g/mol. The summed E-state index contributed by atoms with van der Waals surface area (Å²) in [6.45, 7) is -1.18. The van der Waals surface area contributed by atoms with E-state index in [9.17, 15) is 36.2 Å². The molecule has 0 saturated carbocycles. The van der Waals surface area contributed by atoms with Crippen molar-refractivity contribution >= 4 is 5.91 Å². The number of alkyl halides is 6. The summed E-state index contributed by atoms with van der Waals surface area (Å²) in [5.74, 6) is -1.60. The van der Waals surface area contributed by atoms with Crippen LogP contribution in [-0.2, 0) is 5.60 Å². The van der Waals surface area contributed by atoms with Crippen molar-refractivity contribution in [1.29, 1.82) is 0 Å². The molecule has 1 amide bonds. The first kappa shape index (κ1) is 20.6. The molecule has 0 bridgehead atoms. The molecular formula is C17H13F6NO3. The van der Waals surface area contributed by atoms with E-state index in [4.69, 9.17) is 0 Å². The number of hydrogen-bond donors (Lipinski definition) is 2. The zero-order valence-electron chi connectivity index (χ0n) is 13.4. The summed E-state index contributed by atoms with van der Waals surface area (Å²) in [5.41, 5.74) is -4.00. The molecule has 27 heavy (non-hydrogen) atoms. The summed E-state index contributed by atoms with van der Waals surface area (Å²) in [4.78, 5) is 12.0. The zero-order valence-corrected chi connectivity index (χ0v) is 13.4. The highest BCUT2D eigenvalue weighted by atomic mass is 19.4. The summed E-state index contributed by atoms with van der Waals surface area (Å²) in [6, 6.07) is 9.76. The lowest BCUT2D eigenvalue weighted by atomic mass is 9.93. The van der Waals surface area contributed by atoms with Crippen LogP contribution in [0.3, 0.4) is 0 Å². The van der Waals surface area contributed by atoms with Crippen LogP contribution in [-0.4, -0.2) is 30.1 Å². The molecule has 0 aliphatic carbocycles. The highest BCUT2D eigenvalue weighted by molar-refractivity contribution is 5.94.